The summed E-state index contributed by atoms with van der Waals surface area (Å²) in [6, 6.07) is 0. The Morgan fingerprint density at radius 2 is 1.44 bits per heavy atom. The SMILES string of the molecule is CC(C)C1CCC(C2(N)CCC(F)(F)CC2)CC1. The van der Waals surface area contributed by atoms with Gasteiger partial charge in [0.15, 0.2) is 0 Å². The second kappa shape index (κ2) is 5.07. The zero-order valence-corrected chi connectivity index (χ0v) is 11.7. The van der Waals surface area contributed by atoms with Gasteiger partial charge in [-0.2, -0.15) is 0 Å². The van der Waals surface area contributed by atoms with Crippen LogP contribution in [0.15, 0.2) is 0 Å². The van der Waals surface area contributed by atoms with E-state index in [1.165, 1.54) is 12.8 Å². The van der Waals surface area contributed by atoms with Crippen LogP contribution < -0.4 is 5.73 Å². The van der Waals surface area contributed by atoms with Crippen molar-refractivity contribution in [3.63, 3.8) is 0 Å². The van der Waals surface area contributed by atoms with Crippen molar-refractivity contribution < 1.29 is 8.78 Å². The highest BCUT2D eigenvalue weighted by atomic mass is 19.3. The molecule has 2 aliphatic carbocycles. The molecule has 0 atom stereocenters. The molecule has 0 aromatic carbocycles. The maximum absolute atomic E-state index is 13.2. The predicted molar refractivity (Wildman–Crippen MR) is 70.6 cm³/mol. The third kappa shape index (κ3) is 3.04. The van der Waals surface area contributed by atoms with Crippen LogP contribution in [0.3, 0.4) is 0 Å². The molecule has 0 amide bonds. The molecule has 18 heavy (non-hydrogen) atoms. The summed E-state index contributed by atoms with van der Waals surface area (Å²) < 4.78 is 26.5. The molecular formula is C15H27F2N. The monoisotopic (exact) mass is 259 g/mol. The van der Waals surface area contributed by atoms with Gasteiger partial charge in [0.25, 0.3) is 0 Å². The van der Waals surface area contributed by atoms with Crippen LogP contribution in [0.25, 0.3) is 0 Å². The highest BCUT2D eigenvalue weighted by Crippen LogP contribution is 2.46. The van der Waals surface area contributed by atoms with Crippen LogP contribution in [-0.4, -0.2) is 11.5 Å². The standard InChI is InChI=1S/C15H27F2N/c1-11(2)12-3-5-13(6-4-12)14(18)7-9-15(16,17)10-8-14/h11-13H,3-10,18H2,1-2H3. The second-order valence-corrected chi connectivity index (χ2v) is 6.94. The first-order valence-electron chi connectivity index (χ1n) is 7.49. The molecule has 0 unspecified atom stereocenters. The van der Waals surface area contributed by atoms with Gasteiger partial charge in [-0.25, -0.2) is 8.78 Å². The van der Waals surface area contributed by atoms with E-state index < -0.39 is 5.92 Å². The lowest BCUT2D eigenvalue weighted by Crippen LogP contribution is -2.52. The molecule has 0 saturated heterocycles. The van der Waals surface area contributed by atoms with Gasteiger partial charge in [-0.3, -0.25) is 0 Å². The minimum atomic E-state index is -2.46. The Labute approximate surface area is 110 Å². The Hall–Kier alpha value is -0.180. The molecule has 0 heterocycles. The Morgan fingerprint density at radius 1 is 0.944 bits per heavy atom. The van der Waals surface area contributed by atoms with Crippen molar-refractivity contribution in [2.75, 3.05) is 0 Å². The second-order valence-electron chi connectivity index (χ2n) is 6.94. The van der Waals surface area contributed by atoms with Gasteiger partial charge in [0.2, 0.25) is 5.92 Å². The zero-order chi connectivity index (χ0) is 13.4. The van der Waals surface area contributed by atoms with E-state index in [2.05, 4.69) is 13.8 Å². The summed E-state index contributed by atoms with van der Waals surface area (Å²) in [6.45, 7) is 4.56. The zero-order valence-electron chi connectivity index (χ0n) is 11.7. The summed E-state index contributed by atoms with van der Waals surface area (Å²) in [5.74, 6) is -0.424. The molecule has 106 valence electrons. The molecular weight excluding hydrogens is 232 g/mol. The van der Waals surface area contributed by atoms with E-state index >= 15 is 0 Å². The number of hydrogen-bond donors (Lipinski definition) is 1. The van der Waals surface area contributed by atoms with E-state index in [4.69, 9.17) is 5.73 Å². The summed E-state index contributed by atoms with van der Waals surface area (Å²) in [6.07, 6.45) is 5.76. The van der Waals surface area contributed by atoms with Gasteiger partial charge in [0.1, 0.15) is 0 Å². The first-order chi connectivity index (χ1) is 8.32. The maximum Gasteiger partial charge on any atom is 0.248 e. The van der Waals surface area contributed by atoms with Crippen molar-refractivity contribution in [3.8, 4) is 0 Å². The maximum atomic E-state index is 13.2. The van der Waals surface area contributed by atoms with E-state index in [9.17, 15) is 8.78 Å². The van der Waals surface area contributed by atoms with Crippen LogP contribution in [0.5, 0.6) is 0 Å². The molecule has 0 aromatic rings. The van der Waals surface area contributed by atoms with Gasteiger partial charge >= 0.3 is 0 Å². The normalized spacial score (nSPS) is 35.7. The fraction of sp³-hybridized carbons (Fsp3) is 1.00. The van der Waals surface area contributed by atoms with Gasteiger partial charge in [0, 0.05) is 18.4 Å². The van der Waals surface area contributed by atoms with E-state index in [0.717, 1.165) is 24.7 Å². The number of nitrogens with two attached hydrogens (primary N) is 1. The molecule has 2 saturated carbocycles. The quantitative estimate of drug-likeness (QED) is 0.783. The molecule has 2 rings (SSSR count). The van der Waals surface area contributed by atoms with E-state index in [-0.39, 0.29) is 18.4 Å². The molecule has 2 N–H and O–H groups in total. The Balaban J connectivity index is 1.89. The smallest absolute Gasteiger partial charge is 0.248 e. The summed E-state index contributed by atoms with van der Waals surface area (Å²) in [4.78, 5) is 0. The average molecular weight is 259 g/mol. The van der Waals surface area contributed by atoms with Crippen LogP contribution in [-0.2, 0) is 0 Å². The lowest BCUT2D eigenvalue weighted by Gasteiger charge is -2.46. The first kappa shape index (κ1) is 14.2. The highest BCUT2D eigenvalue weighted by Gasteiger charge is 2.45. The minimum absolute atomic E-state index is 0.00634. The molecule has 1 nitrogen and oxygen atoms in total. The third-order valence-electron chi connectivity index (χ3n) is 5.44. The number of halogens is 2. The largest absolute Gasteiger partial charge is 0.325 e. The van der Waals surface area contributed by atoms with Crippen LogP contribution in [0.2, 0.25) is 0 Å². The summed E-state index contributed by atoms with van der Waals surface area (Å²) in [7, 11) is 0. The number of hydrogen-bond acceptors (Lipinski definition) is 1. The molecule has 0 aliphatic heterocycles. The highest BCUT2D eigenvalue weighted by molar-refractivity contribution is 4.98. The molecule has 0 bridgehead atoms. The topological polar surface area (TPSA) is 26.0 Å². The Bertz CT molecular complexity index is 270. The van der Waals surface area contributed by atoms with Crippen molar-refractivity contribution in [1.29, 1.82) is 0 Å². The predicted octanol–water partition coefficient (Wildman–Crippen LogP) is 4.36. The lowest BCUT2D eigenvalue weighted by atomic mass is 9.65. The van der Waals surface area contributed by atoms with Gasteiger partial charge < -0.3 is 5.73 Å². The summed E-state index contributed by atoms with van der Waals surface area (Å²) >= 11 is 0. The van der Waals surface area contributed by atoms with E-state index in [1.54, 1.807) is 0 Å². The van der Waals surface area contributed by atoms with Crippen molar-refractivity contribution in [3.05, 3.63) is 0 Å². The van der Waals surface area contributed by atoms with Crippen molar-refractivity contribution in [1.82, 2.24) is 0 Å². The van der Waals surface area contributed by atoms with Gasteiger partial charge in [-0.1, -0.05) is 13.8 Å². The fourth-order valence-corrected chi connectivity index (χ4v) is 3.85. The first-order valence-corrected chi connectivity index (χ1v) is 7.49. The number of rotatable bonds is 2. The van der Waals surface area contributed by atoms with Crippen molar-refractivity contribution >= 4 is 0 Å². The van der Waals surface area contributed by atoms with Gasteiger partial charge in [0.05, 0.1) is 0 Å². The van der Waals surface area contributed by atoms with Crippen LogP contribution >= 0.6 is 0 Å². The Morgan fingerprint density at radius 3 is 1.89 bits per heavy atom. The molecule has 3 heteroatoms. The fourth-order valence-electron chi connectivity index (χ4n) is 3.85. The van der Waals surface area contributed by atoms with E-state index in [1.807, 2.05) is 0 Å². The Kier molecular flexibility index (Phi) is 4.01. The summed E-state index contributed by atoms with van der Waals surface area (Å²) in [5, 5.41) is 0. The molecule has 2 fully saturated rings. The van der Waals surface area contributed by atoms with Crippen molar-refractivity contribution in [2.45, 2.75) is 76.7 Å². The summed E-state index contributed by atoms with van der Waals surface area (Å²) in [5.41, 5.74) is 6.14. The molecule has 0 radical (unpaired) electrons. The lowest BCUT2D eigenvalue weighted by molar-refractivity contribution is -0.0623. The molecule has 0 aromatic heterocycles. The van der Waals surface area contributed by atoms with E-state index in [0.29, 0.717) is 18.8 Å². The minimum Gasteiger partial charge on any atom is -0.325 e. The van der Waals surface area contributed by atoms with Crippen LogP contribution in [0.1, 0.15) is 65.2 Å². The van der Waals surface area contributed by atoms with Crippen LogP contribution in [0.4, 0.5) is 8.78 Å². The van der Waals surface area contributed by atoms with Crippen LogP contribution in [0, 0.1) is 17.8 Å². The third-order valence-corrected chi connectivity index (χ3v) is 5.44. The van der Waals surface area contributed by atoms with Gasteiger partial charge in [-0.15, -0.1) is 0 Å². The molecule has 2 aliphatic rings. The number of alkyl halides is 2. The molecule has 0 spiro atoms. The van der Waals surface area contributed by atoms with Gasteiger partial charge in [-0.05, 0) is 56.3 Å². The average Bonchev–Trinajstić information content (AvgIpc) is 2.34. The van der Waals surface area contributed by atoms with Crippen molar-refractivity contribution in [2.24, 2.45) is 23.5 Å².